The lowest BCUT2D eigenvalue weighted by molar-refractivity contribution is 0.0600. The first-order valence-electron chi connectivity index (χ1n) is 7.52. The number of benzene rings is 2. The molecule has 0 amide bonds. The highest BCUT2D eigenvalue weighted by atomic mass is 32.2. The molecule has 0 aliphatic heterocycles. The largest absolute Gasteiger partial charge is 0.465 e. The average Bonchev–Trinajstić information content (AvgIpc) is 3.11. The molecule has 0 fully saturated rings. The van der Waals surface area contributed by atoms with Crippen molar-refractivity contribution in [2.24, 2.45) is 0 Å². The number of ether oxygens (including phenoxy) is 1. The molecule has 5 heteroatoms. The molecule has 3 rings (SSSR count). The zero-order valence-electron chi connectivity index (χ0n) is 13.3. The van der Waals surface area contributed by atoms with Crippen molar-refractivity contribution in [3.63, 3.8) is 0 Å². The van der Waals surface area contributed by atoms with E-state index in [0.717, 1.165) is 34.1 Å². The quantitative estimate of drug-likeness (QED) is 0.616. The molecule has 0 aliphatic carbocycles. The molecular formula is C19H17NO3S. The van der Waals surface area contributed by atoms with Gasteiger partial charge in [-0.15, -0.1) is 0 Å². The summed E-state index contributed by atoms with van der Waals surface area (Å²) in [6, 6.07) is 19.4. The molecule has 4 nitrogen and oxygen atoms in total. The van der Waals surface area contributed by atoms with Crippen molar-refractivity contribution in [3.05, 3.63) is 77.5 Å². The molecule has 1 heterocycles. The van der Waals surface area contributed by atoms with E-state index in [0.29, 0.717) is 5.56 Å². The number of nitrogens with zero attached hydrogens (tertiary/aromatic N) is 1. The summed E-state index contributed by atoms with van der Waals surface area (Å²) in [7, 11) is 1.39. The van der Waals surface area contributed by atoms with E-state index in [1.165, 1.54) is 7.11 Å². The fourth-order valence-electron chi connectivity index (χ4n) is 2.30. The van der Waals surface area contributed by atoms with Crippen LogP contribution in [-0.2, 0) is 16.2 Å². The van der Waals surface area contributed by atoms with Gasteiger partial charge < -0.3 is 9.26 Å². The standard InChI is InChI=1S/C19H17NO3S/c1-22-19(21)16-9-5-6-14(10-16)12-24-13-17-11-18(23-20-17)15-7-3-2-4-8-15/h2-11H,12-13H2,1H3. The molecule has 0 atom stereocenters. The lowest BCUT2D eigenvalue weighted by Gasteiger charge is -2.03. The SMILES string of the molecule is COC(=O)c1cccc(CSCc2cc(-c3ccccc3)on2)c1. The molecule has 0 unspecified atom stereocenters. The van der Waals surface area contributed by atoms with E-state index in [2.05, 4.69) is 5.16 Å². The molecule has 2 aromatic carbocycles. The second kappa shape index (κ2) is 7.84. The maximum Gasteiger partial charge on any atom is 0.337 e. The Bertz CT molecular complexity index is 814. The predicted molar refractivity (Wildman–Crippen MR) is 94.7 cm³/mol. The van der Waals surface area contributed by atoms with Crippen LogP contribution in [0.4, 0.5) is 0 Å². The Morgan fingerprint density at radius 1 is 1.08 bits per heavy atom. The summed E-state index contributed by atoms with van der Waals surface area (Å²) in [5, 5.41) is 4.11. The van der Waals surface area contributed by atoms with Crippen LogP contribution >= 0.6 is 11.8 Å². The van der Waals surface area contributed by atoms with Gasteiger partial charge in [0.15, 0.2) is 5.76 Å². The van der Waals surface area contributed by atoms with Crippen molar-refractivity contribution in [3.8, 4) is 11.3 Å². The van der Waals surface area contributed by atoms with Gasteiger partial charge >= 0.3 is 5.97 Å². The summed E-state index contributed by atoms with van der Waals surface area (Å²) in [5.74, 6) is 2.00. The van der Waals surface area contributed by atoms with Crippen LogP contribution in [0.5, 0.6) is 0 Å². The van der Waals surface area contributed by atoms with Crippen LogP contribution in [0.2, 0.25) is 0 Å². The number of carbonyl (C=O) groups is 1. The van der Waals surface area contributed by atoms with Gasteiger partial charge in [0, 0.05) is 23.1 Å². The molecule has 24 heavy (non-hydrogen) atoms. The normalized spacial score (nSPS) is 10.5. The smallest absolute Gasteiger partial charge is 0.337 e. The van der Waals surface area contributed by atoms with Crippen molar-refractivity contribution in [2.45, 2.75) is 11.5 Å². The maximum absolute atomic E-state index is 11.5. The van der Waals surface area contributed by atoms with Gasteiger partial charge in [-0.1, -0.05) is 47.6 Å². The summed E-state index contributed by atoms with van der Waals surface area (Å²) < 4.78 is 10.1. The molecule has 122 valence electrons. The van der Waals surface area contributed by atoms with Crippen LogP contribution in [0.15, 0.2) is 65.2 Å². The first-order chi connectivity index (χ1) is 11.8. The number of esters is 1. The molecule has 1 aromatic heterocycles. The van der Waals surface area contributed by atoms with E-state index < -0.39 is 0 Å². The van der Waals surface area contributed by atoms with E-state index in [1.54, 1.807) is 17.8 Å². The van der Waals surface area contributed by atoms with Gasteiger partial charge in [0.05, 0.1) is 18.4 Å². The van der Waals surface area contributed by atoms with Gasteiger partial charge in [-0.25, -0.2) is 4.79 Å². The van der Waals surface area contributed by atoms with Crippen molar-refractivity contribution >= 4 is 17.7 Å². The molecule has 0 aliphatic rings. The lowest BCUT2D eigenvalue weighted by atomic mass is 10.1. The van der Waals surface area contributed by atoms with Crippen molar-refractivity contribution in [1.29, 1.82) is 0 Å². The molecular weight excluding hydrogens is 322 g/mol. The van der Waals surface area contributed by atoms with Gasteiger partial charge in [-0.2, -0.15) is 11.8 Å². The number of thioether (sulfide) groups is 1. The van der Waals surface area contributed by atoms with E-state index in [9.17, 15) is 4.79 Å². The summed E-state index contributed by atoms with van der Waals surface area (Å²) in [6.45, 7) is 0. The van der Waals surface area contributed by atoms with Crippen LogP contribution < -0.4 is 0 Å². The second-order valence-electron chi connectivity index (χ2n) is 5.23. The molecule has 0 N–H and O–H groups in total. The Hall–Kier alpha value is -2.53. The third kappa shape index (κ3) is 4.06. The summed E-state index contributed by atoms with van der Waals surface area (Å²) in [4.78, 5) is 11.5. The number of hydrogen-bond acceptors (Lipinski definition) is 5. The summed E-state index contributed by atoms with van der Waals surface area (Å²) in [6.07, 6.45) is 0. The fraction of sp³-hybridized carbons (Fsp3) is 0.158. The lowest BCUT2D eigenvalue weighted by Crippen LogP contribution is -2.01. The monoisotopic (exact) mass is 339 g/mol. The van der Waals surface area contributed by atoms with Crippen molar-refractivity contribution < 1.29 is 14.1 Å². The molecule has 0 saturated heterocycles. The summed E-state index contributed by atoms with van der Waals surface area (Å²) >= 11 is 1.72. The highest BCUT2D eigenvalue weighted by molar-refractivity contribution is 7.97. The van der Waals surface area contributed by atoms with Crippen LogP contribution in [0.25, 0.3) is 11.3 Å². The van der Waals surface area contributed by atoms with E-state index in [1.807, 2.05) is 54.6 Å². The van der Waals surface area contributed by atoms with E-state index >= 15 is 0 Å². The molecule has 0 bridgehead atoms. The van der Waals surface area contributed by atoms with Crippen LogP contribution in [-0.4, -0.2) is 18.2 Å². The zero-order valence-corrected chi connectivity index (χ0v) is 14.1. The summed E-state index contributed by atoms with van der Waals surface area (Å²) in [5.41, 5.74) is 3.58. The van der Waals surface area contributed by atoms with Crippen LogP contribution in [0.1, 0.15) is 21.6 Å². The molecule has 0 spiro atoms. The number of aromatic nitrogens is 1. The van der Waals surface area contributed by atoms with Crippen molar-refractivity contribution in [1.82, 2.24) is 5.16 Å². The van der Waals surface area contributed by atoms with E-state index in [-0.39, 0.29) is 5.97 Å². The minimum absolute atomic E-state index is 0.314. The second-order valence-corrected chi connectivity index (χ2v) is 6.22. The Labute approximate surface area is 144 Å². The Balaban J connectivity index is 1.57. The van der Waals surface area contributed by atoms with Gasteiger partial charge in [-0.05, 0) is 17.7 Å². The number of carbonyl (C=O) groups excluding carboxylic acids is 1. The molecule has 3 aromatic rings. The van der Waals surface area contributed by atoms with Crippen LogP contribution in [0.3, 0.4) is 0 Å². The van der Waals surface area contributed by atoms with Gasteiger partial charge in [-0.3, -0.25) is 0 Å². The minimum atomic E-state index is -0.314. The van der Waals surface area contributed by atoms with Gasteiger partial charge in [0.1, 0.15) is 0 Å². The number of rotatable bonds is 6. The molecule has 0 radical (unpaired) electrons. The minimum Gasteiger partial charge on any atom is -0.465 e. The Morgan fingerprint density at radius 3 is 2.71 bits per heavy atom. The first kappa shape index (κ1) is 16.3. The maximum atomic E-state index is 11.5. The predicted octanol–water partition coefficient (Wildman–Crippen LogP) is 4.56. The zero-order chi connectivity index (χ0) is 16.8. The fourth-order valence-corrected chi connectivity index (χ4v) is 3.16. The third-order valence-electron chi connectivity index (χ3n) is 3.48. The number of hydrogen-bond donors (Lipinski definition) is 0. The first-order valence-corrected chi connectivity index (χ1v) is 8.68. The van der Waals surface area contributed by atoms with Gasteiger partial charge in [0.2, 0.25) is 0 Å². The molecule has 0 saturated carbocycles. The van der Waals surface area contributed by atoms with Crippen molar-refractivity contribution in [2.75, 3.05) is 7.11 Å². The Morgan fingerprint density at radius 2 is 1.92 bits per heavy atom. The van der Waals surface area contributed by atoms with E-state index in [4.69, 9.17) is 9.26 Å². The highest BCUT2D eigenvalue weighted by Gasteiger charge is 2.08. The third-order valence-corrected chi connectivity index (χ3v) is 4.52. The number of methoxy groups -OCH3 is 1. The topological polar surface area (TPSA) is 52.3 Å². The Kier molecular flexibility index (Phi) is 5.33. The highest BCUT2D eigenvalue weighted by Crippen LogP contribution is 2.23. The van der Waals surface area contributed by atoms with Gasteiger partial charge in [0.25, 0.3) is 0 Å². The average molecular weight is 339 g/mol. The van der Waals surface area contributed by atoms with Crippen LogP contribution in [0, 0.1) is 0 Å².